The molecule has 23 heavy (non-hydrogen) atoms. The highest BCUT2D eigenvalue weighted by atomic mass is 32.2. The van der Waals surface area contributed by atoms with Crippen LogP contribution in [-0.2, 0) is 6.54 Å². The van der Waals surface area contributed by atoms with E-state index in [1.807, 2.05) is 29.6 Å². The fourth-order valence-corrected chi connectivity index (χ4v) is 4.61. The molecule has 1 fully saturated rings. The molecular weight excluding hydrogens is 322 g/mol. The predicted octanol–water partition coefficient (Wildman–Crippen LogP) is 5.00. The third kappa shape index (κ3) is 4.64. The summed E-state index contributed by atoms with van der Waals surface area (Å²) >= 11 is 3.76. The predicted molar refractivity (Wildman–Crippen MR) is 99.3 cm³/mol. The van der Waals surface area contributed by atoms with Crippen LogP contribution in [0.3, 0.4) is 0 Å². The molecule has 0 bridgehead atoms. The number of hydrogen-bond donors (Lipinski definition) is 0. The molecule has 3 rings (SSSR count). The van der Waals surface area contributed by atoms with Gasteiger partial charge in [-0.1, -0.05) is 43.0 Å². The molecule has 1 aliphatic carbocycles. The van der Waals surface area contributed by atoms with E-state index in [0.29, 0.717) is 11.2 Å². The van der Waals surface area contributed by atoms with Crippen LogP contribution in [0.2, 0.25) is 0 Å². The molecule has 0 N–H and O–H groups in total. The van der Waals surface area contributed by atoms with Gasteiger partial charge in [-0.2, -0.15) is 0 Å². The summed E-state index contributed by atoms with van der Waals surface area (Å²) in [5.41, 5.74) is 0. The first kappa shape index (κ1) is 16.7. The van der Waals surface area contributed by atoms with Crippen LogP contribution in [-0.4, -0.2) is 25.8 Å². The lowest BCUT2D eigenvalue weighted by atomic mass is 10.4. The molecule has 1 heterocycles. The van der Waals surface area contributed by atoms with Gasteiger partial charge in [-0.3, -0.25) is 0 Å². The zero-order valence-electron chi connectivity index (χ0n) is 13.5. The van der Waals surface area contributed by atoms with Gasteiger partial charge in [0.05, 0.1) is 0 Å². The molecule has 1 aromatic heterocycles. The van der Waals surface area contributed by atoms with E-state index in [0.717, 1.165) is 29.7 Å². The molecular formula is C18H23N3S2. The number of nitrogens with zero attached hydrogens (tertiary/aromatic N) is 3. The number of aromatic nitrogens is 3. The Morgan fingerprint density at radius 3 is 2.78 bits per heavy atom. The molecule has 0 amide bonds. The molecule has 0 radical (unpaired) electrons. The first-order chi connectivity index (χ1) is 11.3. The molecule has 1 atom stereocenters. The van der Waals surface area contributed by atoms with Gasteiger partial charge in [-0.25, -0.2) is 0 Å². The molecule has 0 unspecified atom stereocenters. The largest absolute Gasteiger partial charge is 0.302 e. The Hall–Kier alpha value is -1.20. The second kappa shape index (κ2) is 8.06. The Kier molecular flexibility index (Phi) is 5.84. The van der Waals surface area contributed by atoms with Crippen molar-refractivity contribution in [3.05, 3.63) is 48.8 Å². The summed E-state index contributed by atoms with van der Waals surface area (Å²) in [5, 5.41) is 10.4. The first-order valence-corrected chi connectivity index (χ1v) is 10.0. The highest BCUT2D eigenvalue weighted by Crippen LogP contribution is 2.40. The normalized spacial score (nSPS) is 15.5. The van der Waals surface area contributed by atoms with Crippen LogP contribution in [0.25, 0.3) is 0 Å². The van der Waals surface area contributed by atoms with Crippen LogP contribution < -0.4 is 0 Å². The van der Waals surface area contributed by atoms with Crippen LogP contribution in [0.15, 0.2) is 53.0 Å². The van der Waals surface area contributed by atoms with Gasteiger partial charge in [-0.15, -0.1) is 28.5 Å². The Labute approximate surface area is 147 Å². The highest BCUT2D eigenvalue weighted by molar-refractivity contribution is 8.00. The highest BCUT2D eigenvalue weighted by Gasteiger charge is 2.30. The number of thioether (sulfide) groups is 2. The van der Waals surface area contributed by atoms with E-state index in [1.165, 1.54) is 17.7 Å². The Morgan fingerprint density at radius 1 is 1.30 bits per heavy atom. The van der Waals surface area contributed by atoms with Crippen LogP contribution in [0.4, 0.5) is 0 Å². The SMILES string of the molecule is C=CCn1c(S[C@@H](C)CCSc2ccccc2)nnc1C1CC1. The lowest BCUT2D eigenvalue weighted by Gasteiger charge is -2.12. The maximum atomic E-state index is 4.42. The van der Waals surface area contributed by atoms with Gasteiger partial charge < -0.3 is 4.57 Å². The Balaban J connectivity index is 1.53. The van der Waals surface area contributed by atoms with Crippen LogP contribution in [0.1, 0.15) is 37.9 Å². The second-order valence-corrected chi connectivity index (χ2v) is 8.47. The summed E-state index contributed by atoms with van der Waals surface area (Å²) in [7, 11) is 0. The van der Waals surface area contributed by atoms with Crippen molar-refractivity contribution < 1.29 is 0 Å². The summed E-state index contributed by atoms with van der Waals surface area (Å²) in [6.07, 6.45) is 5.60. The minimum atomic E-state index is 0.533. The van der Waals surface area contributed by atoms with Crippen molar-refractivity contribution in [2.75, 3.05) is 5.75 Å². The topological polar surface area (TPSA) is 30.7 Å². The zero-order valence-corrected chi connectivity index (χ0v) is 15.2. The van der Waals surface area contributed by atoms with Gasteiger partial charge in [0.2, 0.25) is 0 Å². The molecule has 5 heteroatoms. The number of rotatable bonds is 9. The third-order valence-corrected chi connectivity index (χ3v) is 6.04. The molecule has 0 saturated heterocycles. The van der Waals surface area contributed by atoms with Crippen molar-refractivity contribution in [3.63, 3.8) is 0 Å². The summed E-state index contributed by atoms with van der Waals surface area (Å²) < 4.78 is 2.25. The number of hydrogen-bond acceptors (Lipinski definition) is 4. The van der Waals surface area contributed by atoms with Gasteiger partial charge in [0.15, 0.2) is 5.16 Å². The van der Waals surface area contributed by atoms with Gasteiger partial charge in [0, 0.05) is 22.6 Å². The van der Waals surface area contributed by atoms with Gasteiger partial charge >= 0.3 is 0 Å². The maximum absolute atomic E-state index is 4.42. The summed E-state index contributed by atoms with van der Waals surface area (Å²) in [4.78, 5) is 1.34. The second-order valence-electron chi connectivity index (χ2n) is 5.89. The molecule has 0 aliphatic heterocycles. The molecule has 2 aromatic rings. The molecule has 3 nitrogen and oxygen atoms in total. The van der Waals surface area contributed by atoms with E-state index in [9.17, 15) is 0 Å². The van der Waals surface area contributed by atoms with Gasteiger partial charge in [0.25, 0.3) is 0 Å². The molecule has 1 aromatic carbocycles. The molecule has 1 aliphatic rings. The van der Waals surface area contributed by atoms with Crippen molar-refractivity contribution in [2.24, 2.45) is 0 Å². The summed E-state index contributed by atoms with van der Waals surface area (Å²) in [6, 6.07) is 10.6. The fourth-order valence-electron chi connectivity index (χ4n) is 2.43. The smallest absolute Gasteiger partial charge is 0.191 e. The van der Waals surface area contributed by atoms with Crippen molar-refractivity contribution in [1.82, 2.24) is 14.8 Å². The van der Waals surface area contributed by atoms with Crippen molar-refractivity contribution >= 4 is 23.5 Å². The summed E-state index contributed by atoms with van der Waals surface area (Å²) in [5.74, 6) is 2.91. The maximum Gasteiger partial charge on any atom is 0.191 e. The third-order valence-electron chi connectivity index (χ3n) is 3.84. The standard InChI is InChI=1S/C18H23N3S2/c1-3-12-21-17(15-9-10-15)19-20-18(21)23-14(2)11-13-22-16-7-5-4-6-8-16/h3-8,14-15H,1,9-13H2,2H3/t14-/m0/s1. The summed E-state index contributed by atoms with van der Waals surface area (Å²) in [6.45, 7) is 6.96. The van der Waals surface area contributed by atoms with E-state index in [-0.39, 0.29) is 0 Å². The average Bonchev–Trinajstić information content (AvgIpc) is 3.33. The fraction of sp³-hybridized carbons (Fsp3) is 0.444. The van der Waals surface area contributed by atoms with Crippen LogP contribution >= 0.6 is 23.5 Å². The molecule has 1 saturated carbocycles. The first-order valence-electron chi connectivity index (χ1n) is 8.16. The monoisotopic (exact) mass is 345 g/mol. The van der Waals surface area contributed by atoms with Crippen molar-refractivity contribution in [3.8, 4) is 0 Å². The van der Waals surface area contributed by atoms with E-state index < -0.39 is 0 Å². The molecule has 122 valence electrons. The lowest BCUT2D eigenvalue weighted by molar-refractivity contribution is 0.679. The van der Waals surface area contributed by atoms with E-state index in [4.69, 9.17) is 0 Å². The van der Waals surface area contributed by atoms with E-state index in [2.05, 4.69) is 58.6 Å². The van der Waals surface area contributed by atoms with Gasteiger partial charge in [0.1, 0.15) is 5.82 Å². The van der Waals surface area contributed by atoms with Gasteiger partial charge in [-0.05, 0) is 37.1 Å². The minimum Gasteiger partial charge on any atom is -0.302 e. The van der Waals surface area contributed by atoms with Crippen molar-refractivity contribution in [2.45, 2.75) is 54.0 Å². The number of allylic oxidation sites excluding steroid dienone is 1. The van der Waals surface area contributed by atoms with Crippen LogP contribution in [0.5, 0.6) is 0 Å². The zero-order chi connectivity index (χ0) is 16.1. The number of benzene rings is 1. The van der Waals surface area contributed by atoms with Crippen LogP contribution in [0, 0.1) is 0 Å². The Bertz CT molecular complexity index is 635. The minimum absolute atomic E-state index is 0.533. The average molecular weight is 346 g/mol. The van der Waals surface area contributed by atoms with E-state index in [1.54, 1.807) is 0 Å². The quantitative estimate of drug-likeness (QED) is 0.472. The van der Waals surface area contributed by atoms with E-state index >= 15 is 0 Å². The lowest BCUT2D eigenvalue weighted by Crippen LogP contribution is -2.06. The molecule has 0 spiro atoms. The van der Waals surface area contributed by atoms with Crippen molar-refractivity contribution in [1.29, 1.82) is 0 Å². The Morgan fingerprint density at radius 2 is 2.09 bits per heavy atom.